The molecule has 9 nitrogen and oxygen atoms in total. The molecule has 2 amide bonds. The first-order valence-corrected chi connectivity index (χ1v) is 8.25. The van der Waals surface area contributed by atoms with Crippen molar-refractivity contribution in [2.24, 2.45) is 0 Å². The molecule has 0 spiro atoms. The lowest BCUT2D eigenvalue weighted by atomic mass is 10.1. The number of rotatable bonds is 3. The Morgan fingerprint density at radius 2 is 1.81 bits per heavy atom. The normalized spacial score (nSPS) is 17.0. The number of amides is 2. The van der Waals surface area contributed by atoms with Gasteiger partial charge in [-0.1, -0.05) is 0 Å². The fourth-order valence-corrected chi connectivity index (χ4v) is 3.22. The molecule has 144 valence electrons. The van der Waals surface area contributed by atoms with Crippen LogP contribution in [0, 0.1) is 0 Å². The maximum absolute atomic E-state index is 12.4. The van der Waals surface area contributed by atoms with Crippen molar-refractivity contribution in [3.63, 3.8) is 0 Å². The Balaban J connectivity index is 2.07. The zero-order valence-corrected chi connectivity index (χ0v) is 15.6. The van der Waals surface area contributed by atoms with Gasteiger partial charge in [0.1, 0.15) is 12.4 Å². The van der Waals surface area contributed by atoms with Gasteiger partial charge >= 0.3 is 18.0 Å². The zero-order valence-electron chi connectivity index (χ0n) is 15.6. The average molecular weight is 375 g/mol. The highest BCUT2D eigenvalue weighted by Gasteiger charge is 2.33. The predicted octanol–water partition coefficient (Wildman–Crippen LogP) is 1.08. The fourth-order valence-electron chi connectivity index (χ4n) is 3.22. The number of anilines is 2. The van der Waals surface area contributed by atoms with Crippen molar-refractivity contribution in [3.05, 3.63) is 35.0 Å². The van der Waals surface area contributed by atoms with Crippen molar-refractivity contribution in [2.45, 2.75) is 6.54 Å². The van der Waals surface area contributed by atoms with Gasteiger partial charge in [-0.3, -0.25) is 4.90 Å². The van der Waals surface area contributed by atoms with E-state index in [0.717, 1.165) is 11.3 Å². The van der Waals surface area contributed by atoms with Gasteiger partial charge in [0, 0.05) is 26.3 Å². The molecule has 3 rings (SSSR count). The summed E-state index contributed by atoms with van der Waals surface area (Å²) in [6.07, 6.45) is 0. The number of fused-ring (bicyclic) bond motifs is 1. The summed E-state index contributed by atoms with van der Waals surface area (Å²) in [6, 6.07) is 5.33. The van der Waals surface area contributed by atoms with Gasteiger partial charge in [-0.15, -0.1) is 0 Å². The van der Waals surface area contributed by atoms with E-state index in [2.05, 4.69) is 0 Å². The third kappa shape index (κ3) is 3.21. The van der Waals surface area contributed by atoms with E-state index in [9.17, 15) is 14.4 Å². The van der Waals surface area contributed by atoms with E-state index in [1.54, 1.807) is 40.9 Å². The molecule has 1 aromatic rings. The van der Waals surface area contributed by atoms with Gasteiger partial charge in [-0.25, -0.2) is 14.4 Å². The third-order valence-electron chi connectivity index (χ3n) is 4.59. The van der Waals surface area contributed by atoms with Crippen LogP contribution in [-0.2, 0) is 30.3 Å². The van der Waals surface area contributed by atoms with E-state index in [1.807, 2.05) is 6.07 Å². The van der Waals surface area contributed by atoms with Crippen molar-refractivity contribution in [1.29, 1.82) is 0 Å². The van der Waals surface area contributed by atoms with Crippen molar-refractivity contribution in [1.82, 2.24) is 4.90 Å². The Morgan fingerprint density at radius 1 is 1.11 bits per heavy atom. The molecule has 0 aliphatic carbocycles. The number of ether oxygens (including phenoxy) is 3. The lowest BCUT2D eigenvalue weighted by Gasteiger charge is -2.35. The maximum Gasteiger partial charge on any atom is 0.355 e. The van der Waals surface area contributed by atoms with Crippen LogP contribution in [0.1, 0.15) is 5.56 Å². The van der Waals surface area contributed by atoms with Crippen molar-refractivity contribution in [3.8, 4) is 0 Å². The number of nitrogens with zero attached hydrogens (tertiary/aromatic N) is 3. The molecule has 0 saturated heterocycles. The molecule has 0 atom stereocenters. The molecule has 0 unspecified atom stereocenters. The number of carbonyl (C=O) groups is 3. The molecule has 0 aromatic heterocycles. The van der Waals surface area contributed by atoms with Crippen LogP contribution in [0.4, 0.5) is 16.2 Å². The first-order valence-electron chi connectivity index (χ1n) is 8.25. The van der Waals surface area contributed by atoms with Crippen LogP contribution in [0.25, 0.3) is 0 Å². The van der Waals surface area contributed by atoms with Crippen LogP contribution < -0.4 is 9.80 Å². The standard InChI is InChI=1S/C18H21N3O6/c1-19-8-11-7-12(5-6-14(11)20(2)18(19)24)21-10-27-9-13(16(22)25-3)15(21)17(23)26-4/h5-7H,8-10H2,1-4H3. The third-order valence-corrected chi connectivity index (χ3v) is 4.59. The van der Waals surface area contributed by atoms with Crippen molar-refractivity contribution >= 4 is 29.3 Å². The Hall–Kier alpha value is -3.07. The molecular weight excluding hydrogens is 354 g/mol. The second kappa shape index (κ2) is 7.28. The minimum Gasteiger partial charge on any atom is -0.466 e. The topological polar surface area (TPSA) is 88.6 Å². The van der Waals surface area contributed by atoms with E-state index in [-0.39, 0.29) is 30.6 Å². The predicted molar refractivity (Wildman–Crippen MR) is 96.1 cm³/mol. The molecule has 1 aromatic carbocycles. The van der Waals surface area contributed by atoms with Gasteiger partial charge in [-0.05, 0) is 23.8 Å². The van der Waals surface area contributed by atoms with Crippen molar-refractivity contribution < 1.29 is 28.6 Å². The molecule has 0 radical (unpaired) electrons. The van der Waals surface area contributed by atoms with Crippen LogP contribution in [0.3, 0.4) is 0 Å². The molecule has 0 fully saturated rings. The zero-order chi connectivity index (χ0) is 19.7. The number of urea groups is 1. The van der Waals surface area contributed by atoms with E-state index < -0.39 is 11.9 Å². The maximum atomic E-state index is 12.4. The second-order valence-electron chi connectivity index (χ2n) is 6.23. The molecule has 2 aliphatic heterocycles. The van der Waals surface area contributed by atoms with Crippen LogP contribution >= 0.6 is 0 Å². The number of methoxy groups -OCH3 is 2. The summed E-state index contributed by atoms with van der Waals surface area (Å²) in [6.45, 7) is 0.467. The van der Waals surface area contributed by atoms with Crippen molar-refractivity contribution in [2.75, 3.05) is 51.5 Å². The van der Waals surface area contributed by atoms with Crippen LogP contribution in [0.15, 0.2) is 29.5 Å². The second-order valence-corrected chi connectivity index (χ2v) is 6.23. The summed E-state index contributed by atoms with van der Waals surface area (Å²) in [5.41, 5.74) is 2.52. The summed E-state index contributed by atoms with van der Waals surface area (Å²) in [5, 5.41) is 0. The van der Waals surface area contributed by atoms with Gasteiger partial charge in [0.05, 0.1) is 32.1 Å². The fraction of sp³-hybridized carbons (Fsp3) is 0.389. The Morgan fingerprint density at radius 3 is 2.48 bits per heavy atom. The molecule has 2 heterocycles. The SMILES string of the molecule is COC(=O)C1=C(C(=O)OC)N(c2ccc3c(c2)CN(C)C(=O)N3C)COC1. The number of carbonyl (C=O) groups excluding carboxylic acids is 3. The summed E-state index contributed by atoms with van der Waals surface area (Å²) in [4.78, 5) is 41.3. The van der Waals surface area contributed by atoms with Gasteiger partial charge < -0.3 is 24.0 Å². The molecule has 27 heavy (non-hydrogen) atoms. The number of esters is 2. The van der Waals surface area contributed by atoms with E-state index in [4.69, 9.17) is 14.2 Å². The minimum atomic E-state index is -0.652. The van der Waals surface area contributed by atoms with Gasteiger partial charge in [0.25, 0.3) is 0 Å². The summed E-state index contributed by atoms with van der Waals surface area (Å²) >= 11 is 0. The average Bonchev–Trinajstić information content (AvgIpc) is 2.69. The van der Waals surface area contributed by atoms with E-state index in [1.165, 1.54) is 14.2 Å². The Kier molecular flexibility index (Phi) is 5.04. The molecule has 9 heteroatoms. The quantitative estimate of drug-likeness (QED) is 0.731. The molecular formula is C18H21N3O6. The highest BCUT2D eigenvalue weighted by atomic mass is 16.5. The molecule has 0 saturated carbocycles. The van der Waals surface area contributed by atoms with E-state index >= 15 is 0 Å². The smallest absolute Gasteiger partial charge is 0.355 e. The lowest BCUT2D eigenvalue weighted by Crippen LogP contribution is -2.43. The van der Waals surface area contributed by atoms with Gasteiger partial charge in [0.2, 0.25) is 0 Å². The Labute approximate surface area is 156 Å². The summed E-state index contributed by atoms with van der Waals surface area (Å²) in [7, 11) is 5.91. The largest absolute Gasteiger partial charge is 0.466 e. The van der Waals surface area contributed by atoms with Crippen LogP contribution in [0.2, 0.25) is 0 Å². The van der Waals surface area contributed by atoms with E-state index in [0.29, 0.717) is 12.2 Å². The molecule has 2 aliphatic rings. The lowest BCUT2D eigenvalue weighted by molar-refractivity contribution is -0.140. The number of hydrogen-bond acceptors (Lipinski definition) is 7. The van der Waals surface area contributed by atoms with Crippen LogP contribution in [-0.4, -0.2) is 64.5 Å². The Bertz CT molecular complexity index is 834. The van der Waals surface area contributed by atoms with Gasteiger partial charge in [-0.2, -0.15) is 0 Å². The highest BCUT2D eigenvalue weighted by molar-refractivity contribution is 6.03. The minimum absolute atomic E-state index is 0.0431. The van der Waals surface area contributed by atoms with Crippen LogP contribution in [0.5, 0.6) is 0 Å². The highest BCUT2D eigenvalue weighted by Crippen LogP contribution is 2.33. The molecule has 0 bridgehead atoms. The first kappa shape index (κ1) is 18.7. The first-order chi connectivity index (χ1) is 12.9. The molecule has 0 N–H and O–H groups in total. The summed E-state index contributed by atoms with van der Waals surface area (Å²) in [5.74, 6) is -1.30. The number of hydrogen-bond donors (Lipinski definition) is 0. The monoisotopic (exact) mass is 375 g/mol. The number of benzene rings is 1. The summed E-state index contributed by atoms with van der Waals surface area (Å²) < 4.78 is 15.1. The van der Waals surface area contributed by atoms with Gasteiger partial charge in [0.15, 0.2) is 0 Å².